The number of nitrogens with one attached hydrogen (secondary N) is 1. The molecule has 14 heavy (non-hydrogen) atoms. The summed E-state index contributed by atoms with van der Waals surface area (Å²) in [5.74, 6) is 2.31. The van der Waals surface area contributed by atoms with Crippen LogP contribution in [0.3, 0.4) is 0 Å². The summed E-state index contributed by atoms with van der Waals surface area (Å²) < 4.78 is -0.0940. The minimum absolute atomic E-state index is 0.0940. The Bertz CT molecular complexity index is 253. The molecule has 0 aromatic rings. The van der Waals surface area contributed by atoms with Crippen LogP contribution in [0.4, 0.5) is 0 Å². The van der Waals surface area contributed by atoms with Crippen LogP contribution < -0.4 is 0 Å². The van der Waals surface area contributed by atoms with Gasteiger partial charge in [0.15, 0.2) is 5.78 Å². The van der Waals surface area contributed by atoms with E-state index < -0.39 is 0 Å². The van der Waals surface area contributed by atoms with Crippen molar-refractivity contribution in [2.75, 3.05) is 0 Å². The van der Waals surface area contributed by atoms with E-state index in [9.17, 15) is 4.79 Å². The zero-order valence-corrected chi connectivity index (χ0v) is 10.8. The molecule has 0 fully saturated rings. The summed E-state index contributed by atoms with van der Waals surface area (Å²) in [6.45, 7) is 4.09. The van der Waals surface area contributed by atoms with Crippen molar-refractivity contribution in [3.63, 3.8) is 0 Å². The second-order valence-electron chi connectivity index (χ2n) is 3.47. The molecular weight excluding hydrogens is 289 g/mol. The molecule has 0 aliphatic heterocycles. The molecule has 0 rings (SSSR count). The van der Waals surface area contributed by atoms with Crippen LogP contribution in [-0.2, 0) is 4.79 Å². The van der Waals surface area contributed by atoms with Gasteiger partial charge in [-0.15, -0.1) is 12.3 Å². The molecule has 0 aromatic heterocycles. The van der Waals surface area contributed by atoms with Crippen molar-refractivity contribution in [1.82, 2.24) is 0 Å². The molecule has 78 valence electrons. The molecule has 0 saturated carbocycles. The molecule has 3 heteroatoms. The normalized spacial score (nSPS) is 16.4. The summed E-state index contributed by atoms with van der Waals surface area (Å²) in [6, 6.07) is 0. The Labute approximate surface area is 99.5 Å². The van der Waals surface area contributed by atoms with Crippen molar-refractivity contribution in [2.45, 2.75) is 36.5 Å². The maximum Gasteiger partial charge on any atom is 0.177 e. The molecule has 0 radical (unpaired) electrons. The van der Waals surface area contributed by atoms with Gasteiger partial charge in [-0.25, -0.2) is 0 Å². The van der Waals surface area contributed by atoms with E-state index in [2.05, 4.69) is 28.5 Å². The lowest BCUT2D eigenvalue weighted by Gasteiger charge is -2.29. The molecule has 0 spiro atoms. The fourth-order valence-electron chi connectivity index (χ4n) is 1.31. The van der Waals surface area contributed by atoms with Crippen molar-refractivity contribution >= 4 is 34.6 Å². The highest BCUT2D eigenvalue weighted by atomic mass is 127. The Kier molecular flexibility index (Phi) is 6.01. The Morgan fingerprint density at radius 3 is 2.71 bits per heavy atom. The van der Waals surface area contributed by atoms with Gasteiger partial charge < -0.3 is 5.41 Å². The lowest BCUT2D eigenvalue weighted by molar-refractivity contribution is -0.116. The van der Waals surface area contributed by atoms with E-state index in [1.54, 1.807) is 0 Å². The first-order valence-corrected chi connectivity index (χ1v) is 5.74. The summed E-state index contributed by atoms with van der Waals surface area (Å²) in [5, 5.41) is 7.00. The molecular formula is C11H16INO. The maximum atomic E-state index is 11.5. The van der Waals surface area contributed by atoms with Gasteiger partial charge in [-0.3, -0.25) is 4.79 Å². The Hall–Kier alpha value is -0.370. The van der Waals surface area contributed by atoms with Gasteiger partial charge in [0, 0.05) is 15.8 Å². The summed E-state index contributed by atoms with van der Waals surface area (Å²) in [7, 11) is 0. The first kappa shape index (κ1) is 13.6. The molecule has 0 saturated heterocycles. The van der Waals surface area contributed by atoms with Crippen molar-refractivity contribution in [3.05, 3.63) is 0 Å². The van der Waals surface area contributed by atoms with E-state index in [1.807, 2.05) is 13.8 Å². The number of Topliss-reactive ketones (excluding diaryl/α,β-unsaturated/α-hetero) is 1. The Morgan fingerprint density at radius 1 is 1.79 bits per heavy atom. The van der Waals surface area contributed by atoms with E-state index in [0.29, 0.717) is 12.8 Å². The van der Waals surface area contributed by atoms with Gasteiger partial charge in [-0.2, -0.15) is 0 Å². The third kappa shape index (κ3) is 3.79. The predicted molar refractivity (Wildman–Crippen MR) is 68.1 cm³/mol. The predicted octanol–water partition coefficient (Wildman–Crippen LogP) is 2.84. The molecule has 0 heterocycles. The van der Waals surface area contributed by atoms with E-state index in [0.717, 1.165) is 12.6 Å². The molecule has 0 amide bonds. The highest BCUT2D eigenvalue weighted by molar-refractivity contribution is 14.1. The van der Waals surface area contributed by atoms with Gasteiger partial charge >= 0.3 is 0 Å². The summed E-state index contributed by atoms with van der Waals surface area (Å²) in [5.41, 5.74) is 0. The van der Waals surface area contributed by atoms with E-state index in [-0.39, 0.29) is 15.1 Å². The third-order valence-electron chi connectivity index (χ3n) is 2.48. The van der Waals surface area contributed by atoms with Gasteiger partial charge in [0.05, 0.1) is 6.21 Å². The van der Waals surface area contributed by atoms with Crippen LogP contribution in [0.25, 0.3) is 0 Å². The second kappa shape index (κ2) is 6.18. The number of hydrogen-bond acceptors (Lipinski definition) is 2. The number of carbonyl (C=O) groups excluding carboxylic acids is 1. The third-order valence-corrected chi connectivity index (χ3v) is 4.00. The lowest BCUT2D eigenvalue weighted by atomic mass is 9.85. The maximum absolute atomic E-state index is 11.5. The first-order valence-electron chi connectivity index (χ1n) is 4.66. The quantitative estimate of drug-likeness (QED) is 0.349. The molecule has 0 bridgehead atoms. The fourth-order valence-corrected chi connectivity index (χ4v) is 1.93. The van der Waals surface area contributed by atoms with E-state index in [4.69, 9.17) is 11.8 Å². The van der Waals surface area contributed by atoms with Crippen molar-refractivity contribution in [1.29, 1.82) is 5.41 Å². The van der Waals surface area contributed by atoms with Gasteiger partial charge in [-0.05, 0) is 19.8 Å². The molecule has 2 atom stereocenters. The number of alkyl halides is 1. The van der Waals surface area contributed by atoms with Crippen molar-refractivity contribution in [2.24, 2.45) is 5.92 Å². The molecule has 0 unspecified atom stereocenters. The monoisotopic (exact) mass is 305 g/mol. The average molecular weight is 305 g/mol. The highest BCUT2D eigenvalue weighted by Crippen LogP contribution is 2.34. The van der Waals surface area contributed by atoms with Crippen LogP contribution in [0.2, 0.25) is 0 Å². The smallest absolute Gasteiger partial charge is 0.177 e. The second-order valence-corrected chi connectivity index (χ2v) is 5.94. The van der Waals surface area contributed by atoms with E-state index >= 15 is 0 Å². The largest absolute Gasteiger partial charge is 0.305 e. The number of hydrogen-bond donors (Lipinski definition) is 1. The topological polar surface area (TPSA) is 40.9 Å². The van der Waals surface area contributed by atoms with Gasteiger partial charge in [0.2, 0.25) is 0 Å². The van der Waals surface area contributed by atoms with Crippen LogP contribution in [0, 0.1) is 23.7 Å². The minimum atomic E-state index is -0.123. The number of carbonyl (C=O) groups is 1. The van der Waals surface area contributed by atoms with Gasteiger partial charge in [0.25, 0.3) is 0 Å². The van der Waals surface area contributed by atoms with Gasteiger partial charge in [0.1, 0.15) is 0 Å². The zero-order chi connectivity index (χ0) is 11.2. The Morgan fingerprint density at radius 2 is 2.36 bits per heavy atom. The SMILES string of the molecule is C#CCC[C@H](C(=O)C=N)[C@](C)(I)CC. The van der Waals surface area contributed by atoms with E-state index in [1.165, 1.54) is 0 Å². The highest BCUT2D eigenvalue weighted by Gasteiger charge is 2.33. The van der Waals surface area contributed by atoms with Crippen LogP contribution in [0.1, 0.15) is 33.1 Å². The zero-order valence-electron chi connectivity index (χ0n) is 8.64. The molecule has 1 N–H and O–H groups in total. The molecule has 2 nitrogen and oxygen atoms in total. The number of halogens is 1. The Balaban J connectivity index is 4.64. The lowest BCUT2D eigenvalue weighted by Crippen LogP contribution is -2.34. The minimum Gasteiger partial charge on any atom is -0.305 e. The standard InChI is InChI=1S/C11H16INO/c1-4-6-7-9(10(14)8-13)11(3,12)5-2/h1,8-9,13H,5-7H2,2-3H3/t9-,11-/m1/s1. The number of rotatable bonds is 6. The van der Waals surface area contributed by atoms with Crippen LogP contribution >= 0.6 is 22.6 Å². The summed E-state index contributed by atoms with van der Waals surface area (Å²) in [4.78, 5) is 11.5. The van der Waals surface area contributed by atoms with Gasteiger partial charge in [-0.1, -0.05) is 29.5 Å². The van der Waals surface area contributed by atoms with Crippen molar-refractivity contribution < 1.29 is 4.79 Å². The summed E-state index contributed by atoms with van der Waals surface area (Å²) >= 11 is 2.29. The van der Waals surface area contributed by atoms with Crippen LogP contribution in [0.15, 0.2) is 0 Å². The first-order chi connectivity index (χ1) is 6.49. The summed E-state index contributed by atoms with van der Waals surface area (Å²) in [6.07, 6.45) is 8.28. The fraction of sp³-hybridized carbons (Fsp3) is 0.636. The molecule has 0 aromatic carbocycles. The average Bonchev–Trinajstić information content (AvgIpc) is 2.17. The van der Waals surface area contributed by atoms with Crippen LogP contribution in [0.5, 0.6) is 0 Å². The van der Waals surface area contributed by atoms with Crippen LogP contribution in [-0.4, -0.2) is 15.4 Å². The molecule has 0 aliphatic carbocycles. The number of terminal acetylenes is 1. The van der Waals surface area contributed by atoms with Crippen molar-refractivity contribution in [3.8, 4) is 12.3 Å². The molecule has 0 aliphatic rings. The number of ketones is 1.